The van der Waals surface area contributed by atoms with Crippen LogP contribution in [-0.2, 0) is 16.1 Å². The molecule has 1 aliphatic rings. The summed E-state index contributed by atoms with van der Waals surface area (Å²) >= 11 is 3.10. The number of thiazole rings is 1. The van der Waals surface area contributed by atoms with Crippen molar-refractivity contribution in [2.75, 3.05) is 25.3 Å². The van der Waals surface area contributed by atoms with Crippen molar-refractivity contribution in [3.63, 3.8) is 0 Å². The molecule has 1 N–H and O–H groups in total. The smallest absolute Gasteiger partial charge is 0.261 e. The normalized spacial score (nSPS) is 15.4. The molecular weight excluding hydrogens is 446 g/mol. The minimum atomic E-state index is -0.515. The minimum absolute atomic E-state index is 0.122. The zero-order valence-electron chi connectivity index (χ0n) is 17.5. The van der Waals surface area contributed by atoms with E-state index in [1.54, 1.807) is 59.4 Å². The van der Waals surface area contributed by atoms with Crippen LogP contribution in [-0.4, -0.2) is 53.1 Å². The highest BCUT2D eigenvalue weighted by molar-refractivity contribution is 7.99. The minimum Gasteiger partial charge on any atom is -0.497 e. The molecule has 1 atom stereocenters. The van der Waals surface area contributed by atoms with E-state index in [9.17, 15) is 9.59 Å². The van der Waals surface area contributed by atoms with Crippen molar-refractivity contribution < 1.29 is 19.1 Å². The Balaban J connectivity index is 1.29. The zero-order chi connectivity index (χ0) is 22.3. The van der Waals surface area contributed by atoms with Gasteiger partial charge in [-0.15, -0.1) is 23.1 Å². The Kier molecular flexibility index (Phi) is 7.28. The van der Waals surface area contributed by atoms with E-state index in [1.807, 2.05) is 35.7 Å². The van der Waals surface area contributed by atoms with Gasteiger partial charge in [-0.05, 0) is 24.3 Å². The summed E-state index contributed by atoms with van der Waals surface area (Å²) in [4.78, 5) is 31.6. The fraction of sp³-hybridized carbons (Fsp3) is 0.261. The Morgan fingerprint density at radius 2 is 1.88 bits per heavy atom. The van der Waals surface area contributed by atoms with Gasteiger partial charge in [-0.25, -0.2) is 4.98 Å². The first kappa shape index (κ1) is 22.2. The summed E-state index contributed by atoms with van der Waals surface area (Å²) < 4.78 is 10.7. The highest BCUT2D eigenvalue weighted by Gasteiger charge is 2.34. The Bertz CT molecular complexity index is 1060. The molecule has 32 heavy (non-hydrogen) atoms. The molecule has 1 aliphatic heterocycles. The van der Waals surface area contributed by atoms with E-state index >= 15 is 0 Å². The van der Waals surface area contributed by atoms with Gasteiger partial charge in [0.05, 0.1) is 25.2 Å². The lowest BCUT2D eigenvalue weighted by Crippen LogP contribution is -2.48. The Morgan fingerprint density at radius 3 is 2.62 bits per heavy atom. The van der Waals surface area contributed by atoms with E-state index in [1.165, 1.54) is 0 Å². The van der Waals surface area contributed by atoms with Crippen LogP contribution in [0.3, 0.4) is 0 Å². The van der Waals surface area contributed by atoms with Gasteiger partial charge in [0.2, 0.25) is 5.91 Å². The van der Waals surface area contributed by atoms with Crippen LogP contribution in [0.2, 0.25) is 0 Å². The average molecular weight is 470 g/mol. The number of nitrogens with zero attached hydrogens (tertiary/aromatic N) is 2. The van der Waals surface area contributed by atoms with Gasteiger partial charge < -0.3 is 19.7 Å². The predicted molar refractivity (Wildman–Crippen MR) is 126 cm³/mol. The second kappa shape index (κ2) is 10.5. The number of rotatable bonds is 8. The van der Waals surface area contributed by atoms with Crippen molar-refractivity contribution >= 4 is 34.9 Å². The number of amides is 2. The van der Waals surface area contributed by atoms with Gasteiger partial charge in [0.1, 0.15) is 22.5 Å². The molecule has 0 aliphatic carbocycles. The zero-order valence-corrected chi connectivity index (χ0v) is 19.2. The number of benzene rings is 2. The average Bonchev–Trinajstić information content (AvgIpc) is 3.52. The summed E-state index contributed by atoms with van der Waals surface area (Å²) in [5, 5.41) is 5.78. The van der Waals surface area contributed by atoms with Crippen molar-refractivity contribution in [2.24, 2.45) is 0 Å². The van der Waals surface area contributed by atoms with E-state index in [4.69, 9.17) is 9.47 Å². The molecule has 2 aromatic carbocycles. The van der Waals surface area contributed by atoms with Crippen molar-refractivity contribution in [1.82, 2.24) is 15.2 Å². The molecule has 1 fully saturated rings. The standard InChI is InChI=1S/C23H23N3O4S2/c1-29-18-7-9-19(10-8-18)30-12-21(27)26-15-31-14-20(26)22(28)24-11-17-13-32-23(25-17)16-5-3-2-4-6-16/h2-10,13,20H,11-12,14-15H2,1H3,(H,24,28)/t20-/m1/s1. The molecule has 9 heteroatoms. The maximum Gasteiger partial charge on any atom is 0.261 e. The number of methoxy groups -OCH3 is 1. The maximum atomic E-state index is 12.8. The molecule has 7 nitrogen and oxygen atoms in total. The topological polar surface area (TPSA) is 80.8 Å². The number of thioether (sulfide) groups is 1. The first-order valence-corrected chi connectivity index (χ1v) is 12.1. The van der Waals surface area contributed by atoms with Crippen LogP contribution in [0, 0.1) is 0 Å². The number of hydrogen-bond donors (Lipinski definition) is 1. The van der Waals surface area contributed by atoms with E-state index in [0.717, 1.165) is 16.3 Å². The van der Waals surface area contributed by atoms with Gasteiger partial charge in [0.15, 0.2) is 6.61 Å². The van der Waals surface area contributed by atoms with Crippen LogP contribution < -0.4 is 14.8 Å². The van der Waals surface area contributed by atoms with Crippen LogP contribution in [0.4, 0.5) is 0 Å². The van der Waals surface area contributed by atoms with Crippen molar-refractivity contribution in [3.8, 4) is 22.1 Å². The van der Waals surface area contributed by atoms with E-state index in [2.05, 4.69) is 10.3 Å². The summed E-state index contributed by atoms with van der Waals surface area (Å²) in [7, 11) is 1.59. The van der Waals surface area contributed by atoms with Gasteiger partial charge in [-0.2, -0.15) is 0 Å². The maximum absolute atomic E-state index is 12.8. The van der Waals surface area contributed by atoms with Gasteiger partial charge in [-0.1, -0.05) is 30.3 Å². The van der Waals surface area contributed by atoms with Crippen LogP contribution in [0.1, 0.15) is 5.69 Å². The molecule has 4 rings (SSSR count). The summed E-state index contributed by atoms with van der Waals surface area (Å²) in [6.07, 6.45) is 0. The molecule has 0 saturated carbocycles. The second-order valence-corrected chi connectivity index (χ2v) is 8.93. The number of nitrogens with one attached hydrogen (secondary N) is 1. The molecule has 2 amide bonds. The van der Waals surface area contributed by atoms with E-state index in [-0.39, 0.29) is 18.4 Å². The fourth-order valence-electron chi connectivity index (χ4n) is 3.20. The van der Waals surface area contributed by atoms with E-state index < -0.39 is 6.04 Å². The van der Waals surface area contributed by atoms with Crippen molar-refractivity contribution in [3.05, 3.63) is 65.7 Å². The number of carbonyl (C=O) groups excluding carboxylic acids is 2. The summed E-state index contributed by atoms with van der Waals surface area (Å²) in [6.45, 7) is 0.205. The summed E-state index contributed by atoms with van der Waals surface area (Å²) in [5.41, 5.74) is 1.85. The van der Waals surface area contributed by atoms with E-state index in [0.29, 0.717) is 29.7 Å². The summed E-state index contributed by atoms with van der Waals surface area (Å²) in [5.74, 6) is 1.93. The molecular formula is C23H23N3O4S2. The number of ether oxygens (including phenoxy) is 2. The number of hydrogen-bond acceptors (Lipinski definition) is 7. The molecule has 2 heterocycles. The highest BCUT2D eigenvalue weighted by Crippen LogP contribution is 2.24. The molecule has 1 saturated heterocycles. The fourth-order valence-corrected chi connectivity index (χ4v) is 5.21. The molecule has 166 valence electrons. The lowest BCUT2D eigenvalue weighted by molar-refractivity contribution is -0.139. The van der Waals surface area contributed by atoms with Gasteiger partial charge in [0, 0.05) is 16.7 Å². The number of aromatic nitrogens is 1. The SMILES string of the molecule is COc1ccc(OCC(=O)N2CSC[C@@H]2C(=O)NCc2csc(-c3ccccc3)n2)cc1. The van der Waals surface area contributed by atoms with Gasteiger partial charge in [0.25, 0.3) is 5.91 Å². The van der Waals surface area contributed by atoms with Crippen LogP contribution in [0.15, 0.2) is 60.0 Å². The van der Waals surface area contributed by atoms with Gasteiger partial charge in [-0.3, -0.25) is 9.59 Å². The lowest BCUT2D eigenvalue weighted by Gasteiger charge is -2.23. The molecule has 3 aromatic rings. The Morgan fingerprint density at radius 1 is 1.12 bits per heavy atom. The lowest BCUT2D eigenvalue weighted by atomic mass is 10.2. The Labute approximate surface area is 194 Å². The first-order valence-electron chi connectivity index (χ1n) is 10.1. The molecule has 0 bridgehead atoms. The van der Waals surface area contributed by atoms with Crippen molar-refractivity contribution in [1.29, 1.82) is 0 Å². The summed E-state index contributed by atoms with van der Waals surface area (Å²) in [6, 6.07) is 16.4. The first-order chi connectivity index (χ1) is 15.6. The third kappa shape index (κ3) is 5.41. The van der Waals surface area contributed by atoms with Crippen molar-refractivity contribution in [2.45, 2.75) is 12.6 Å². The second-order valence-electron chi connectivity index (χ2n) is 7.07. The van der Waals surface area contributed by atoms with Crippen LogP contribution in [0.25, 0.3) is 10.6 Å². The monoisotopic (exact) mass is 469 g/mol. The molecule has 0 unspecified atom stereocenters. The predicted octanol–water partition coefficient (Wildman–Crippen LogP) is 3.42. The molecule has 0 radical (unpaired) electrons. The largest absolute Gasteiger partial charge is 0.497 e. The molecule has 1 aromatic heterocycles. The Hall–Kier alpha value is -3.04. The quantitative estimate of drug-likeness (QED) is 0.545. The third-order valence-corrected chi connectivity index (χ3v) is 6.90. The van der Waals surface area contributed by atoms with Crippen LogP contribution in [0.5, 0.6) is 11.5 Å². The van der Waals surface area contributed by atoms with Gasteiger partial charge >= 0.3 is 0 Å². The van der Waals surface area contributed by atoms with Crippen LogP contribution >= 0.6 is 23.1 Å². The third-order valence-electron chi connectivity index (χ3n) is 4.94. The number of carbonyl (C=O) groups is 2. The molecule has 0 spiro atoms. The highest BCUT2D eigenvalue weighted by atomic mass is 32.2.